The van der Waals surface area contributed by atoms with Crippen molar-refractivity contribution in [3.05, 3.63) is 58.7 Å². The highest BCUT2D eigenvalue weighted by Gasteiger charge is 2.08. The zero-order chi connectivity index (χ0) is 12.3. The first kappa shape index (κ1) is 11.9. The maximum atomic E-state index is 5.85. The molecular formula is C14H15ClN2. The Labute approximate surface area is 107 Å². The number of rotatable bonds is 3. The molecule has 2 rings (SSSR count). The first-order valence-electron chi connectivity index (χ1n) is 5.61. The van der Waals surface area contributed by atoms with Crippen molar-refractivity contribution in [2.75, 3.05) is 5.32 Å². The SMILES string of the molecule is Cc1ccccc1C(C)Nc1cccc(Cl)n1. The predicted molar refractivity (Wildman–Crippen MR) is 72.5 cm³/mol. The Kier molecular flexibility index (Phi) is 3.64. The number of halogens is 1. The minimum absolute atomic E-state index is 0.210. The van der Waals surface area contributed by atoms with Crippen LogP contribution in [0.25, 0.3) is 0 Å². The first-order valence-corrected chi connectivity index (χ1v) is 5.99. The summed E-state index contributed by atoms with van der Waals surface area (Å²) in [7, 11) is 0. The number of aromatic nitrogens is 1. The fourth-order valence-corrected chi connectivity index (χ4v) is 2.02. The second-order valence-corrected chi connectivity index (χ2v) is 4.46. The highest BCUT2D eigenvalue weighted by atomic mass is 35.5. The van der Waals surface area contributed by atoms with Gasteiger partial charge < -0.3 is 5.32 Å². The van der Waals surface area contributed by atoms with Gasteiger partial charge in [0.2, 0.25) is 0 Å². The van der Waals surface area contributed by atoms with Gasteiger partial charge in [-0.3, -0.25) is 0 Å². The molecule has 0 saturated heterocycles. The van der Waals surface area contributed by atoms with Crippen molar-refractivity contribution in [3.63, 3.8) is 0 Å². The molecule has 0 amide bonds. The Balaban J connectivity index is 2.17. The second-order valence-electron chi connectivity index (χ2n) is 4.07. The topological polar surface area (TPSA) is 24.9 Å². The molecule has 0 spiro atoms. The summed E-state index contributed by atoms with van der Waals surface area (Å²) in [4.78, 5) is 4.22. The van der Waals surface area contributed by atoms with E-state index in [-0.39, 0.29) is 6.04 Å². The van der Waals surface area contributed by atoms with E-state index in [1.807, 2.05) is 24.3 Å². The number of aryl methyl sites for hydroxylation is 1. The zero-order valence-electron chi connectivity index (χ0n) is 9.94. The van der Waals surface area contributed by atoms with Gasteiger partial charge in [0.15, 0.2) is 0 Å². The monoisotopic (exact) mass is 246 g/mol. The van der Waals surface area contributed by atoms with E-state index in [4.69, 9.17) is 11.6 Å². The van der Waals surface area contributed by atoms with E-state index >= 15 is 0 Å². The average molecular weight is 247 g/mol. The van der Waals surface area contributed by atoms with Crippen LogP contribution in [0.15, 0.2) is 42.5 Å². The lowest BCUT2D eigenvalue weighted by Gasteiger charge is -2.17. The van der Waals surface area contributed by atoms with E-state index in [1.54, 1.807) is 6.07 Å². The maximum Gasteiger partial charge on any atom is 0.131 e. The van der Waals surface area contributed by atoms with Crippen molar-refractivity contribution in [1.29, 1.82) is 0 Å². The summed E-state index contributed by atoms with van der Waals surface area (Å²) in [5.74, 6) is 0.799. The summed E-state index contributed by atoms with van der Waals surface area (Å²) in [6.07, 6.45) is 0. The Hall–Kier alpha value is -1.54. The third-order valence-electron chi connectivity index (χ3n) is 2.73. The molecule has 1 aromatic heterocycles. The number of anilines is 1. The maximum absolute atomic E-state index is 5.85. The summed E-state index contributed by atoms with van der Waals surface area (Å²) in [5, 5.41) is 3.85. The van der Waals surface area contributed by atoms with Gasteiger partial charge in [-0.05, 0) is 37.1 Å². The van der Waals surface area contributed by atoms with Crippen LogP contribution in [0.1, 0.15) is 24.1 Å². The quantitative estimate of drug-likeness (QED) is 0.821. The molecule has 1 atom stereocenters. The van der Waals surface area contributed by atoms with Gasteiger partial charge in [0.1, 0.15) is 11.0 Å². The van der Waals surface area contributed by atoms with Crippen molar-refractivity contribution in [2.45, 2.75) is 19.9 Å². The number of hydrogen-bond donors (Lipinski definition) is 1. The van der Waals surface area contributed by atoms with Gasteiger partial charge in [0, 0.05) is 0 Å². The summed E-state index contributed by atoms with van der Waals surface area (Å²) in [6, 6.07) is 14.1. The number of nitrogens with zero attached hydrogens (tertiary/aromatic N) is 1. The normalized spacial score (nSPS) is 12.2. The van der Waals surface area contributed by atoms with Crippen LogP contribution in [0.4, 0.5) is 5.82 Å². The molecule has 1 N–H and O–H groups in total. The van der Waals surface area contributed by atoms with E-state index < -0.39 is 0 Å². The molecule has 2 aromatic rings. The molecule has 0 fully saturated rings. The van der Waals surface area contributed by atoms with E-state index in [2.05, 4.69) is 36.3 Å². The Morgan fingerprint density at radius 3 is 2.59 bits per heavy atom. The van der Waals surface area contributed by atoms with Gasteiger partial charge >= 0.3 is 0 Å². The average Bonchev–Trinajstić information content (AvgIpc) is 2.29. The lowest BCUT2D eigenvalue weighted by Crippen LogP contribution is -2.09. The minimum Gasteiger partial charge on any atom is -0.363 e. The van der Waals surface area contributed by atoms with Gasteiger partial charge in [0.25, 0.3) is 0 Å². The van der Waals surface area contributed by atoms with Crippen LogP contribution < -0.4 is 5.32 Å². The van der Waals surface area contributed by atoms with Crippen molar-refractivity contribution < 1.29 is 0 Å². The summed E-state index contributed by atoms with van der Waals surface area (Å²) < 4.78 is 0. The van der Waals surface area contributed by atoms with Gasteiger partial charge in [-0.25, -0.2) is 4.98 Å². The molecule has 0 aliphatic heterocycles. The summed E-state index contributed by atoms with van der Waals surface area (Å²) in [6.45, 7) is 4.23. The lowest BCUT2D eigenvalue weighted by atomic mass is 10.0. The van der Waals surface area contributed by atoms with Gasteiger partial charge in [-0.2, -0.15) is 0 Å². The van der Waals surface area contributed by atoms with Crippen LogP contribution in [0, 0.1) is 6.92 Å². The van der Waals surface area contributed by atoms with Crippen molar-refractivity contribution in [3.8, 4) is 0 Å². The van der Waals surface area contributed by atoms with Gasteiger partial charge in [0.05, 0.1) is 6.04 Å². The van der Waals surface area contributed by atoms with E-state index in [9.17, 15) is 0 Å². The second kappa shape index (κ2) is 5.19. The van der Waals surface area contributed by atoms with Crippen LogP contribution in [0.5, 0.6) is 0 Å². The Morgan fingerprint density at radius 2 is 1.88 bits per heavy atom. The Bertz CT molecular complexity index is 511. The molecule has 3 heteroatoms. The third-order valence-corrected chi connectivity index (χ3v) is 2.94. The molecular weight excluding hydrogens is 232 g/mol. The fraction of sp³-hybridized carbons (Fsp3) is 0.214. The number of pyridine rings is 1. The molecule has 1 heterocycles. The smallest absolute Gasteiger partial charge is 0.131 e. The fourth-order valence-electron chi connectivity index (χ4n) is 1.86. The van der Waals surface area contributed by atoms with Crippen LogP contribution in [0.2, 0.25) is 5.15 Å². The molecule has 0 radical (unpaired) electrons. The van der Waals surface area contributed by atoms with Crippen LogP contribution in [-0.4, -0.2) is 4.98 Å². The predicted octanol–water partition coefficient (Wildman–Crippen LogP) is 4.22. The molecule has 0 aliphatic carbocycles. The van der Waals surface area contributed by atoms with Crippen molar-refractivity contribution in [2.24, 2.45) is 0 Å². The molecule has 1 unspecified atom stereocenters. The molecule has 17 heavy (non-hydrogen) atoms. The molecule has 1 aromatic carbocycles. The van der Waals surface area contributed by atoms with Gasteiger partial charge in [-0.1, -0.05) is 41.9 Å². The largest absolute Gasteiger partial charge is 0.363 e. The standard InChI is InChI=1S/C14H15ClN2/c1-10-6-3-4-7-12(10)11(2)16-14-9-5-8-13(15)17-14/h3-9,11H,1-2H3,(H,16,17). The number of nitrogens with one attached hydrogen (secondary N) is 1. The Morgan fingerprint density at radius 1 is 1.12 bits per heavy atom. The van der Waals surface area contributed by atoms with E-state index in [0.717, 1.165) is 5.82 Å². The lowest BCUT2D eigenvalue weighted by molar-refractivity contribution is 0.865. The van der Waals surface area contributed by atoms with Crippen LogP contribution in [0.3, 0.4) is 0 Å². The van der Waals surface area contributed by atoms with E-state index in [0.29, 0.717) is 5.15 Å². The molecule has 0 saturated carbocycles. The number of hydrogen-bond acceptors (Lipinski definition) is 2. The summed E-state index contributed by atoms with van der Waals surface area (Å²) >= 11 is 5.85. The van der Waals surface area contributed by atoms with Crippen molar-refractivity contribution >= 4 is 17.4 Å². The highest BCUT2D eigenvalue weighted by Crippen LogP contribution is 2.21. The highest BCUT2D eigenvalue weighted by molar-refractivity contribution is 6.29. The number of benzene rings is 1. The van der Waals surface area contributed by atoms with E-state index in [1.165, 1.54) is 11.1 Å². The van der Waals surface area contributed by atoms with Gasteiger partial charge in [-0.15, -0.1) is 0 Å². The van der Waals surface area contributed by atoms with Crippen molar-refractivity contribution in [1.82, 2.24) is 4.98 Å². The first-order chi connectivity index (χ1) is 8.16. The molecule has 0 bridgehead atoms. The minimum atomic E-state index is 0.210. The third kappa shape index (κ3) is 2.98. The summed E-state index contributed by atoms with van der Waals surface area (Å²) in [5.41, 5.74) is 2.55. The molecule has 88 valence electrons. The molecule has 0 aliphatic rings. The molecule has 2 nitrogen and oxygen atoms in total. The zero-order valence-corrected chi connectivity index (χ0v) is 10.7. The van der Waals surface area contributed by atoms with Crippen LogP contribution >= 0.6 is 11.6 Å². The van der Waals surface area contributed by atoms with Crippen LogP contribution in [-0.2, 0) is 0 Å².